The van der Waals surface area contributed by atoms with Crippen molar-refractivity contribution in [2.45, 2.75) is 26.5 Å². The highest BCUT2D eigenvalue weighted by Crippen LogP contribution is 2.19. The lowest BCUT2D eigenvalue weighted by atomic mass is 10.1. The maximum absolute atomic E-state index is 12.7. The van der Waals surface area contributed by atoms with Crippen LogP contribution in [0, 0.1) is 13.8 Å². The molecule has 2 aromatic heterocycles. The van der Waals surface area contributed by atoms with Gasteiger partial charge < -0.3 is 15.0 Å². The van der Waals surface area contributed by atoms with E-state index < -0.39 is 6.10 Å². The summed E-state index contributed by atoms with van der Waals surface area (Å²) < 4.78 is 3.56. The van der Waals surface area contributed by atoms with Crippen LogP contribution < -0.4 is 5.32 Å². The maximum atomic E-state index is 12.7. The molecule has 2 aromatic carbocycles. The van der Waals surface area contributed by atoms with Gasteiger partial charge in [-0.25, -0.2) is 9.67 Å². The minimum absolute atomic E-state index is 0.136. The Morgan fingerprint density at radius 2 is 1.97 bits per heavy atom. The van der Waals surface area contributed by atoms with Crippen LogP contribution in [0.2, 0.25) is 0 Å². The molecule has 0 aliphatic heterocycles. The molecular weight excluding hydrogens is 366 g/mol. The fourth-order valence-corrected chi connectivity index (χ4v) is 3.33. The van der Waals surface area contributed by atoms with Gasteiger partial charge in [0.2, 0.25) is 0 Å². The second kappa shape index (κ2) is 7.89. The number of aliphatic hydroxyl groups is 1. The molecule has 0 fully saturated rings. The minimum atomic E-state index is -0.741. The molecule has 4 aromatic rings. The van der Waals surface area contributed by atoms with Crippen LogP contribution >= 0.6 is 0 Å². The Bertz CT molecular complexity index is 1150. The first-order valence-electron chi connectivity index (χ1n) is 9.50. The number of rotatable bonds is 6. The number of carbonyl (C=O) groups excluding carboxylic acids is 1. The van der Waals surface area contributed by atoms with Crippen molar-refractivity contribution < 1.29 is 9.90 Å². The van der Waals surface area contributed by atoms with Crippen molar-refractivity contribution in [1.29, 1.82) is 0 Å². The molecule has 0 aliphatic rings. The van der Waals surface area contributed by atoms with Gasteiger partial charge in [0.15, 0.2) is 0 Å². The molecule has 148 valence electrons. The number of nitrogens with zero attached hydrogens (tertiary/aromatic N) is 4. The van der Waals surface area contributed by atoms with E-state index >= 15 is 0 Å². The molecule has 1 amide bonds. The van der Waals surface area contributed by atoms with Gasteiger partial charge in [-0.05, 0) is 55.3 Å². The van der Waals surface area contributed by atoms with Crippen molar-refractivity contribution in [3.05, 3.63) is 77.9 Å². The Morgan fingerprint density at radius 3 is 2.76 bits per heavy atom. The van der Waals surface area contributed by atoms with E-state index in [1.54, 1.807) is 41.6 Å². The van der Waals surface area contributed by atoms with E-state index in [1.807, 2.05) is 22.8 Å². The van der Waals surface area contributed by atoms with E-state index in [-0.39, 0.29) is 12.5 Å². The van der Waals surface area contributed by atoms with Gasteiger partial charge in [0.05, 0.1) is 41.3 Å². The smallest absolute Gasteiger partial charge is 0.253 e. The quantitative estimate of drug-likeness (QED) is 0.531. The third-order valence-corrected chi connectivity index (χ3v) is 5.04. The number of para-hydroxylation sites is 1. The fourth-order valence-electron chi connectivity index (χ4n) is 3.33. The molecule has 7 nitrogen and oxygen atoms in total. The Kier molecular flexibility index (Phi) is 5.14. The van der Waals surface area contributed by atoms with Crippen molar-refractivity contribution in [2.24, 2.45) is 0 Å². The van der Waals surface area contributed by atoms with E-state index in [2.05, 4.69) is 35.3 Å². The van der Waals surface area contributed by atoms with E-state index in [1.165, 1.54) is 11.1 Å². The van der Waals surface area contributed by atoms with Crippen LogP contribution in [-0.2, 0) is 6.54 Å². The lowest BCUT2D eigenvalue weighted by Gasteiger charge is -2.15. The van der Waals surface area contributed by atoms with Crippen molar-refractivity contribution in [2.75, 3.05) is 6.54 Å². The molecule has 0 spiro atoms. The van der Waals surface area contributed by atoms with Gasteiger partial charge in [0.1, 0.15) is 0 Å². The van der Waals surface area contributed by atoms with Gasteiger partial charge in [0, 0.05) is 18.9 Å². The lowest BCUT2D eigenvalue weighted by molar-refractivity contribution is 0.0905. The average Bonchev–Trinajstić information content (AvgIpc) is 3.38. The zero-order chi connectivity index (χ0) is 20.4. The second-order valence-electron chi connectivity index (χ2n) is 7.15. The van der Waals surface area contributed by atoms with Gasteiger partial charge in [-0.2, -0.15) is 5.10 Å². The molecule has 0 saturated heterocycles. The molecule has 1 atom stereocenters. The van der Waals surface area contributed by atoms with Crippen molar-refractivity contribution in [3.8, 4) is 5.69 Å². The monoisotopic (exact) mass is 389 g/mol. The number of hydrogen-bond donors (Lipinski definition) is 2. The topological polar surface area (TPSA) is 85.0 Å². The summed E-state index contributed by atoms with van der Waals surface area (Å²) in [5.41, 5.74) is 5.43. The zero-order valence-corrected chi connectivity index (χ0v) is 16.4. The number of imidazole rings is 1. The summed E-state index contributed by atoms with van der Waals surface area (Å²) in [6, 6.07) is 13.2. The SMILES string of the molecule is Cc1cc2ncn(C[C@H](O)CNC(=O)c3ccccc3-n3cccn3)c2cc1C. The summed E-state index contributed by atoms with van der Waals surface area (Å²) >= 11 is 0. The predicted molar refractivity (Wildman–Crippen MR) is 111 cm³/mol. The zero-order valence-electron chi connectivity index (χ0n) is 16.4. The summed E-state index contributed by atoms with van der Waals surface area (Å²) in [7, 11) is 0. The molecule has 0 radical (unpaired) electrons. The molecule has 0 aliphatic carbocycles. The Morgan fingerprint density at radius 1 is 1.17 bits per heavy atom. The molecule has 0 unspecified atom stereocenters. The Balaban J connectivity index is 1.44. The first kappa shape index (κ1) is 18.9. The fraction of sp³-hybridized carbons (Fsp3) is 0.227. The summed E-state index contributed by atoms with van der Waals surface area (Å²) in [4.78, 5) is 17.1. The van der Waals surface area contributed by atoms with Crippen LogP contribution in [0.4, 0.5) is 0 Å². The summed E-state index contributed by atoms with van der Waals surface area (Å²) in [5, 5.41) is 17.5. The maximum Gasteiger partial charge on any atom is 0.253 e. The van der Waals surface area contributed by atoms with Crippen molar-refractivity contribution in [3.63, 3.8) is 0 Å². The molecule has 2 heterocycles. The number of nitrogens with one attached hydrogen (secondary N) is 1. The van der Waals surface area contributed by atoms with Gasteiger partial charge in [-0.3, -0.25) is 4.79 Å². The van der Waals surface area contributed by atoms with Gasteiger partial charge >= 0.3 is 0 Å². The number of aryl methyl sites for hydroxylation is 2. The number of benzene rings is 2. The van der Waals surface area contributed by atoms with Gasteiger partial charge in [-0.1, -0.05) is 12.1 Å². The highest BCUT2D eigenvalue weighted by molar-refractivity contribution is 5.97. The first-order chi connectivity index (χ1) is 14.0. The lowest BCUT2D eigenvalue weighted by Crippen LogP contribution is -2.34. The molecule has 7 heteroatoms. The van der Waals surface area contributed by atoms with Crippen LogP contribution in [0.25, 0.3) is 16.7 Å². The van der Waals surface area contributed by atoms with Crippen LogP contribution in [0.15, 0.2) is 61.2 Å². The number of aromatic nitrogens is 4. The number of aliphatic hydroxyl groups excluding tert-OH is 1. The number of amides is 1. The van der Waals surface area contributed by atoms with E-state index in [0.717, 1.165) is 11.0 Å². The molecule has 2 N–H and O–H groups in total. The Labute approximate surface area is 168 Å². The van der Waals surface area contributed by atoms with Crippen LogP contribution in [0.3, 0.4) is 0 Å². The van der Waals surface area contributed by atoms with E-state index in [0.29, 0.717) is 17.8 Å². The highest BCUT2D eigenvalue weighted by atomic mass is 16.3. The third kappa shape index (κ3) is 3.90. The van der Waals surface area contributed by atoms with Crippen LogP contribution in [0.1, 0.15) is 21.5 Å². The summed E-state index contributed by atoms with van der Waals surface area (Å²) in [5.74, 6) is -0.253. The third-order valence-electron chi connectivity index (χ3n) is 5.04. The van der Waals surface area contributed by atoms with Crippen LogP contribution in [0.5, 0.6) is 0 Å². The molecule has 4 rings (SSSR count). The summed E-state index contributed by atoms with van der Waals surface area (Å²) in [6.07, 6.45) is 4.43. The molecular formula is C22H23N5O2. The second-order valence-corrected chi connectivity index (χ2v) is 7.15. The largest absolute Gasteiger partial charge is 0.389 e. The normalized spacial score (nSPS) is 12.2. The standard InChI is InChI=1S/C22H23N5O2/c1-15-10-19-21(11-16(15)2)26(14-24-19)13-17(28)12-23-22(29)18-6-3-4-7-20(18)27-9-5-8-25-27/h3-11,14,17,28H,12-13H2,1-2H3,(H,23,29)/t17-/m1/s1. The Hall–Kier alpha value is -3.45. The highest BCUT2D eigenvalue weighted by Gasteiger charge is 2.15. The first-order valence-corrected chi connectivity index (χ1v) is 9.50. The van der Waals surface area contributed by atoms with E-state index in [9.17, 15) is 9.90 Å². The number of fused-ring (bicyclic) bond motifs is 1. The van der Waals surface area contributed by atoms with Crippen LogP contribution in [-0.4, -0.2) is 43.0 Å². The molecule has 29 heavy (non-hydrogen) atoms. The van der Waals surface area contributed by atoms with Gasteiger partial charge in [-0.15, -0.1) is 0 Å². The minimum Gasteiger partial charge on any atom is -0.389 e. The van der Waals surface area contributed by atoms with Gasteiger partial charge in [0.25, 0.3) is 5.91 Å². The average molecular weight is 389 g/mol. The number of carbonyl (C=O) groups is 1. The number of hydrogen-bond acceptors (Lipinski definition) is 4. The summed E-state index contributed by atoms with van der Waals surface area (Å²) in [6.45, 7) is 4.59. The van der Waals surface area contributed by atoms with Crippen molar-refractivity contribution >= 4 is 16.9 Å². The van der Waals surface area contributed by atoms with Crippen molar-refractivity contribution in [1.82, 2.24) is 24.6 Å². The molecule has 0 saturated carbocycles. The van der Waals surface area contributed by atoms with E-state index in [4.69, 9.17) is 0 Å². The molecule has 0 bridgehead atoms. The predicted octanol–water partition coefficient (Wildman–Crippen LogP) is 2.63.